The molecule has 1 fully saturated rings. The van der Waals surface area contributed by atoms with E-state index in [0.29, 0.717) is 0 Å². The molecule has 0 amide bonds. The van der Waals surface area contributed by atoms with Gasteiger partial charge in [-0.25, -0.2) is 0 Å². The molecule has 0 aromatic heterocycles. The third-order valence-corrected chi connectivity index (χ3v) is 6.86. The molecule has 1 saturated carbocycles. The predicted octanol–water partition coefficient (Wildman–Crippen LogP) is 7.66. The van der Waals surface area contributed by atoms with Gasteiger partial charge in [0.2, 0.25) is 0 Å². The highest BCUT2D eigenvalue weighted by molar-refractivity contribution is 5.44. The summed E-state index contributed by atoms with van der Waals surface area (Å²) in [6.07, 6.45) is 12.6. The number of hydrogen-bond acceptors (Lipinski definition) is 1. The normalized spacial score (nSPS) is 19.6. The third-order valence-electron chi connectivity index (χ3n) is 6.86. The van der Waals surface area contributed by atoms with Gasteiger partial charge in [0, 0.05) is 11.1 Å². The summed E-state index contributed by atoms with van der Waals surface area (Å²) in [7, 11) is 1.68. The van der Waals surface area contributed by atoms with Crippen LogP contribution >= 0.6 is 0 Å². The van der Waals surface area contributed by atoms with Crippen LogP contribution in [-0.2, 0) is 6.42 Å². The highest BCUT2D eigenvalue weighted by atomic mass is 16.5. The molecule has 0 saturated heterocycles. The molecule has 0 radical (unpaired) electrons. The van der Waals surface area contributed by atoms with E-state index in [4.69, 9.17) is 4.74 Å². The molecule has 30 heavy (non-hydrogen) atoms. The van der Waals surface area contributed by atoms with Gasteiger partial charge >= 0.3 is 0 Å². The summed E-state index contributed by atoms with van der Waals surface area (Å²) < 4.78 is 5.20. The lowest BCUT2D eigenvalue weighted by Crippen LogP contribution is -2.21. The van der Waals surface area contributed by atoms with E-state index in [9.17, 15) is 0 Å². The Kier molecular flexibility index (Phi) is 8.88. The number of benzene rings is 2. The summed E-state index contributed by atoms with van der Waals surface area (Å²) in [5, 5.41) is 0. The van der Waals surface area contributed by atoms with Crippen LogP contribution in [0.3, 0.4) is 0 Å². The summed E-state index contributed by atoms with van der Waals surface area (Å²) in [6, 6.07) is 16.8. The van der Waals surface area contributed by atoms with Gasteiger partial charge in [-0.1, -0.05) is 76.3 Å². The zero-order chi connectivity index (χ0) is 21.2. The molecule has 0 bridgehead atoms. The minimum absolute atomic E-state index is 0.776. The first-order valence-corrected chi connectivity index (χ1v) is 11.9. The van der Waals surface area contributed by atoms with Crippen molar-refractivity contribution in [1.82, 2.24) is 0 Å². The van der Waals surface area contributed by atoms with Crippen LogP contribution in [0.25, 0.3) is 0 Å². The SMILES string of the molecule is CCCCCC1CCC(C(C)Cc2ccc(C#Cc3ccc(OC)cc3)cc2)CC1. The molecular weight excluding hydrogens is 364 g/mol. The van der Waals surface area contributed by atoms with Crippen molar-refractivity contribution in [3.63, 3.8) is 0 Å². The van der Waals surface area contributed by atoms with E-state index in [1.807, 2.05) is 24.3 Å². The van der Waals surface area contributed by atoms with Gasteiger partial charge in [-0.2, -0.15) is 0 Å². The average molecular weight is 403 g/mol. The Hall–Kier alpha value is -2.20. The number of hydrogen-bond donors (Lipinski definition) is 0. The lowest BCUT2D eigenvalue weighted by atomic mass is 9.73. The Morgan fingerprint density at radius 1 is 0.867 bits per heavy atom. The maximum Gasteiger partial charge on any atom is 0.118 e. The Labute approximate surface area is 184 Å². The molecular formula is C29H38O. The fourth-order valence-corrected chi connectivity index (χ4v) is 4.81. The van der Waals surface area contributed by atoms with Crippen LogP contribution in [0.5, 0.6) is 5.75 Å². The highest BCUT2D eigenvalue weighted by Crippen LogP contribution is 2.36. The van der Waals surface area contributed by atoms with E-state index in [2.05, 4.69) is 50.0 Å². The smallest absolute Gasteiger partial charge is 0.118 e. The minimum Gasteiger partial charge on any atom is -0.497 e. The van der Waals surface area contributed by atoms with Gasteiger partial charge in [0.25, 0.3) is 0 Å². The van der Waals surface area contributed by atoms with Crippen molar-refractivity contribution < 1.29 is 4.74 Å². The van der Waals surface area contributed by atoms with Crippen LogP contribution in [0.15, 0.2) is 48.5 Å². The molecule has 3 rings (SSSR count). The summed E-state index contributed by atoms with van der Waals surface area (Å²) in [5.74, 6) is 10.1. The Morgan fingerprint density at radius 2 is 1.47 bits per heavy atom. The molecule has 1 heteroatoms. The fraction of sp³-hybridized carbons (Fsp3) is 0.517. The molecule has 0 spiro atoms. The van der Waals surface area contributed by atoms with Gasteiger partial charge in [-0.3, -0.25) is 0 Å². The molecule has 1 nitrogen and oxygen atoms in total. The molecule has 1 unspecified atom stereocenters. The van der Waals surface area contributed by atoms with Crippen molar-refractivity contribution in [3.05, 3.63) is 65.2 Å². The number of ether oxygens (including phenoxy) is 1. The number of rotatable bonds is 8. The minimum atomic E-state index is 0.776. The van der Waals surface area contributed by atoms with Crippen LogP contribution in [-0.4, -0.2) is 7.11 Å². The van der Waals surface area contributed by atoms with Crippen LogP contribution in [0, 0.1) is 29.6 Å². The van der Waals surface area contributed by atoms with E-state index >= 15 is 0 Å². The largest absolute Gasteiger partial charge is 0.497 e. The topological polar surface area (TPSA) is 9.23 Å². The molecule has 2 aromatic carbocycles. The van der Waals surface area contributed by atoms with E-state index < -0.39 is 0 Å². The van der Waals surface area contributed by atoms with Crippen molar-refractivity contribution in [2.24, 2.45) is 17.8 Å². The van der Waals surface area contributed by atoms with Gasteiger partial charge in [-0.05, 0) is 79.0 Å². The van der Waals surface area contributed by atoms with Crippen LogP contribution in [0.4, 0.5) is 0 Å². The second kappa shape index (κ2) is 11.8. The predicted molar refractivity (Wildman–Crippen MR) is 128 cm³/mol. The lowest BCUT2D eigenvalue weighted by molar-refractivity contribution is 0.204. The van der Waals surface area contributed by atoms with Crippen molar-refractivity contribution in [2.45, 2.75) is 71.6 Å². The van der Waals surface area contributed by atoms with Gasteiger partial charge < -0.3 is 4.74 Å². The van der Waals surface area contributed by atoms with Gasteiger partial charge in [0.05, 0.1) is 7.11 Å². The van der Waals surface area contributed by atoms with E-state index in [0.717, 1.165) is 34.6 Å². The quantitative estimate of drug-likeness (QED) is 0.325. The number of methoxy groups -OCH3 is 1. The molecule has 0 aliphatic heterocycles. The van der Waals surface area contributed by atoms with E-state index in [-0.39, 0.29) is 0 Å². The van der Waals surface area contributed by atoms with Crippen molar-refractivity contribution in [3.8, 4) is 17.6 Å². The Balaban J connectivity index is 1.47. The standard InChI is InChI=1S/C29H38O/c1-4-5-6-7-24-14-18-28(19-15-24)23(2)22-27-12-10-25(11-13-27)8-9-26-16-20-29(30-3)21-17-26/h10-13,16-17,20-21,23-24,28H,4-7,14-15,18-19,22H2,1-3H3. The fourth-order valence-electron chi connectivity index (χ4n) is 4.81. The van der Waals surface area contributed by atoms with Crippen molar-refractivity contribution >= 4 is 0 Å². The zero-order valence-corrected chi connectivity index (χ0v) is 19.1. The highest BCUT2D eigenvalue weighted by Gasteiger charge is 2.25. The molecule has 160 valence electrons. The lowest BCUT2D eigenvalue weighted by Gasteiger charge is -2.32. The van der Waals surface area contributed by atoms with Crippen LogP contribution in [0.2, 0.25) is 0 Å². The summed E-state index contributed by atoms with van der Waals surface area (Å²) >= 11 is 0. The maximum atomic E-state index is 5.20. The van der Waals surface area contributed by atoms with Crippen LogP contribution in [0.1, 0.15) is 81.9 Å². The van der Waals surface area contributed by atoms with Crippen LogP contribution < -0.4 is 4.74 Å². The summed E-state index contributed by atoms with van der Waals surface area (Å²) in [5.41, 5.74) is 3.54. The molecule has 0 N–H and O–H groups in total. The Morgan fingerprint density at radius 3 is 2.03 bits per heavy atom. The molecule has 1 aliphatic carbocycles. The average Bonchev–Trinajstić information content (AvgIpc) is 2.79. The van der Waals surface area contributed by atoms with E-state index in [1.165, 1.54) is 63.4 Å². The zero-order valence-electron chi connectivity index (χ0n) is 19.1. The summed E-state index contributed by atoms with van der Waals surface area (Å²) in [6.45, 7) is 4.76. The molecule has 1 atom stereocenters. The third kappa shape index (κ3) is 6.94. The Bertz CT molecular complexity index is 798. The van der Waals surface area contributed by atoms with Gasteiger partial charge in [0.1, 0.15) is 5.75 Å². The molecule has 0 heterocycles. The number of unbranched alkanes of at least 4 members (excludes halogenated alkanes) is 2. The first kappa shape index (κ1) is 22.5. The van der Waals surface area contributed by atoms with E-state index in [1.54, 1.807) is 7.11 Å². The first-order valence-electron chi connectivity index (χ1n) is 11.9. The monoisotopic (exact) mass is 402 g/mol. The van der Waals surface area contributed by atoms with Crippen molar-refractivity contribution in [1.29, 1.82) is 0 Å². The summed E-state index contributed by atoms with van der Waals surface area (Å²) in [4.78, 5) is 0. The van der Waals surface area contributed by atoms with Crippen molar-refractivity contribution in [2.75, 3.05) is 7.11 Å². The second-order valence-electron chi connectivity index (χ2n) is 9.13. The van der Waals surface area contributed by atoms with Gasteiger partial charge in [0.15, 0.2) is 0 Å². The van der Waals surface area contributed by atoms with Gasteiger partial charge in [-0.15, -0.1) is 0 Å². The molecule has 1 aliphatic rings. The molecule has 2 aromatic rings. The second-order valence-corrected chi connectivity index (χ2v) is 9.13. The first-order chi connectivity index (χ1) is 14.7. The maximum absolute atomic E-state index is 5.20.